The number of nitrogen functional groups attached to an aromatic ring is 1. The van der Waals surface area contributed by atoms with Crippen LogP contribution in [0.2, 0.25) is 0 Å². The van der Waals surface area contributed by atoms with Crippen LogP contribution in [0.5, 0.6) is 0 Å². The molecule has 1 aliphatic rings. The highest BCUT2D eigenvalue weighted by atomic mass is 32.1. The molecular weight excluding hydrogens is 285 g/mol. The lowest BCUT2D eigenvalue weighted by atomic mass is 10.1. The Morgan fingerprint density at radius 2 is 2.24 bits per heavy atom. The Hall–Kier alpha value is -2.06. The average Bonchev–Trinajstić information content (AvgIpc) is 3.24. The first-order chi connectivity index (χ1) is 10.2. The molecule has 1 saturated carbocycles. The second-order valence-electron chi connectivity index (χ2n) is 5.28. The fourth-order valence-electron chi connectivity index (χ4n) is 2.46. The molecule has 3 N–H and O–H groups in total. The first kappa shape index (κ1) is 13.9. The highest BCUT2D eigenvalue weighted by Crippen LogP contribution is 2.50. The summed E-state index contributed by atoms with van der Waals surface area (Å²) in [6, 6.07) is 8.78. The molecule has 0 aliphatic heterocycles. The van der Waals surface area contributed by atoms with Crippen molar-refractivity contribution in [2.75, 3.05) is 17.6 Å². The van der Waals surface area contributed by atoms with E-state index in [-0.39, 0.29) is 5.82 Å². The van der Waals surface area contributed by atoms with Gasteiger partial charge in [-0.2, -0.15) is 5.26 Å². The van der Waals surface area contributed by atoms with Crippen molar-refractivity contribution in [3.63, 3.8) is 0 Å². The smallest absolute Gasteiger partial charge is 0.130 e. The van der Waals surface area contributed by atoms with Crippen LogP contribution in [0, 0.1) is 17.1 Å². The minimum atomic E-state index is -0.210. The number of hydrogen-bond acceptors (Lipinski definition) is 4. The molecule has 2 aromatic rings. The molecule has 0 bridgehead atoms. The van der Waals surface area contributed by atoms with Crippen molar-refractivity contribution < 1.29 is 4.39 Å². The van der Waals surface area contributed by atoms with Crippen LogP contribution in [-0.4, -0.2) is 6.54 Å². The van der Waals surface area contributed by atoms with Crippen LogP contribution in [0.3, 0.4) is 0 Å². The molecule has 0 amide bonds. The SMILES string of the molecule is N#Cc1sc(NCCc2cccc(F)c2)c(C2CC2)c1N. The van der Waals surface area contributed by atoms with E-state index < -0.39 is 0 Å². The van der Waals surface area contributed by atoms with Crippen LogP contribution in [0.15, 0.2) is 24.3 Å². The lowest BCUT2D eigenvalue weighted by Gasteiger charge is -2.07. The predicted molar refractivity (Wildman–Crippen MR) is 84.0 cm³/mol. The fourth-order valence-corrected chi connectivity index (χ4v) is 3.49. The predicted octanol–water partition coefficient (Wildman–Crippen LogP) is 3.87. The number of thiophene rings is 1. The van der Waals surface area contributed by atoms with Gasteiger partial charge in [-0.15, -0.1) is 11.3 Å². The molecule has 3 rings (SSSR count). The summed E-state index contributed by atoms with van der Waals surface area (Å²) in [6.07, 6.45) is 3.02. The molecule has 1 aliphatic carbocycles. The van der Waals surface area contributed by atoms with Crippen molar-refractivity contribution >= 4 is 22.0 Å². The van der Waals surface area contributed by atoms with Crippen LogP contribution in [0.25, 0.3) is 0 Å². The zero-order valence-electron chi connectivity index (χ0n) is 11.5. The van der Waals surface area contributed by atoms with Gasteiger partial charge in [0, 0.05) is 12.1 Å². The van der Waals surface area contributed by atoms with Gasteiger partial charge in [0.2, 0.25) is 0 Å². The molecule has 5 heteroatoms. The molecule has 0 spiro atoms. The molecule has 0 radical (unpaired) electrons. The molecule has 1 fully saturated rings. The van der Waals surface area contributed by atoms with Gasteiger partial charge in [0.15, 0.2) is 0 Å². The Kier molecular flexibility index (Phi) is 3.80. The van der Waals surface area contributed by atoms with E-state index in [0.717, 1.165) is 35.4 Å². The number of nitrogens with two attached hydrogens (primary N) is 1. The minimum Gasteiger partial charge on any atom is -0.397 e. The van der Waals surface area contributed by atoms with E-state index in [1.807, 2.05) is 6.07 Å². The van der Waals surface area contributed by atoms with Crippen molar-refractivity contribution in [1.82, 2.24) is 0 Å². The quantitative estimate of drug-likeness (QED) is 0.881. The average molecular weight is 301 g/mol. The zero-order chi connectivity index (χ0) is 14.8. The Balaban J connectivity index is 1.69. The van der Waals surface area contributed by atoms with Crippen LogP contribution < -0.4 is 11.1 Å². The van der Waals surface area contributed by atoms with Crippen molar-refractivity contribution in [3.05, 3.63) is 46.1 Å². The summed E-state index contributed by atoms with van der Waals surface area (Å²) in [4.78, 5) is 0.588. The Labute approximate surface area is 127 Å². The zero-order valence-corrected chi connectivity index (χ0v) is 12.3. The van der Waals surface area contributed by atoms with Crippen LogP contribution in [0.4, 0.5) is 15.1 Å². The van der Waals surface area contributed by atoms with Gasteiger partial charge in [0.1, 0.15) is 16.8 Å². The summed E-state index contributed by atoms with van der Waals surface area (Å²) < 4.78 is 13.1. The molecule has 1 aromatic carbocycles. The largest absolute Gasteiger partial charge is 0.397 e. The van der Waals surface area contributed by atoms with Crippen molar-refractivity contribution in [2.24, 2.45) is 0 Å². The summed E-state index contributed by atoms with van der Waals surface area (Å²) in [7, 11) is 0. The summed E-state index contributed by atoms with van der Waals surface area (Å²) >= 11 is 1.42. The highest BCUT2D eigenvalue weighted by Gasteiger charge is 2.31. The maximum absolute atomic E-state index is 13.1. The van der Waals surface area contributed by atoms with Crippen LogP contribution in [0.1, 0.15) is 34.8 Å². The molecule has 1 heterocycles. The monoisotopic (exact) mass is 301 g/mol. The van der Waals surface area contributed by atoms with Gasteiger partial charge in [-0.3, -0.25) is 0 Å². The number of nitrogens with one attached hydrogen (secondary N) is 1. The normalized spacial score (nSPS) is 13.9. The third-order valence-corrected chi connectivity index (χ3v) is 4.74. The van der Waals surface area contributed by atoms with Crippen molar-refractivity contribution in [3.8, 4) is 6.07 Å². The first-order valence-corrected chi connectivity index (χ1v) is 7.81. The first-order valence-electron chi connectivity index (χ1n) is 6.99. The van der Waals surface area contributed by atoms with E-state index in [2.05, 4.69) is 11.4 Å². The molecular formula is C16H16FN3S. The number of nitriles is 1. The lowest BCUT2D eigenvalue weighted by molar-refractivity contribution is 0.625. The van der Waals surface area contributed by atoms with Gasteiger partial charge >= 0.3 is 0 Å². The highest BCUT2D eigenvalue weighted by molar-refractivity contribution is 7.17. The van der Waals surface area contributed by atoms with Gasteiger partial charge in [0.05, 0.1) is 10.7 Å². The maximum Gasteiger partial charge on any atom is 0.130 e. The second-order valence-corrected chi connectivity index (χ2v) is 6.30. The number of rotatable bonds is 5. The number of hydrogen-bond donors (Lipinski definition) is 2. The maximum atomic E-state index is 13.1. The summed E-state index contributed by atoms with van der Waals surface area (Å²) in [5.74, 6) is 0.290. The van der Waals surface area contributed by atoms with Gasteiger partial charge in [-0.05, 0) is 42.9 Å². The van der Waals surface area contributed by atoms with Crippen LogP contribution in [-0.2, 0) is 6.42 Å². The number of nitrogens with zero attached hydrogens (tertiary/aromatic N) is 1. The Morgan fingerprint density at radius 1 is 1.43 bits per heavy atom. The molecule has 0 unspecified atom stereocenters. The van der Waals surface area contributed by atoms with E-state index in [1.54, 1.807) is 12.1 Å². The third-order valence-electron chi connectivity index (χ3n) is 3.66. The Morgan fingerprint density at radius 3 is 2.90 bits per heavy atom. The lowest BCUT2D eigenvalue weighted by Crippen LogP contribution is -2.05. The molecule has 1 aromatic heterocycles. The van der Waals surface area contributed by atoms with Gasteiger partial charge < -0.3 is 11.1 Å². The topological polar surface area (TPSA) is 61.8 Å². The van der Waals surface area contributed by atoms with Gasteiger partial charge in [-0.1, -0.05) is 12.1 Å². The molecule has 108 valence electrons. The second kappa shape index (κ2) is 5.74. The number of halogens is 1. The standard InChI is InChI=1S/C16H16FN3S/c17-12-3-1-2-10(8-12)6-7-20-16-14(11-4-5-11)15(19)13(9-18)21-16/h1-3,8,11,20H,4-7,19H2. The van der Waals surface area contributed by atoms with E-state index >= 15 is 0 Å². The van der Waals surface area contributed by atoms with Gasteiger partial charge in [0.25, 0.3) is 0 Å². The molecule has 0 saturated heterocycles. The number of anilines is 2. The third kappa shape index (κ3) is 3.01. The van der Waals surface area contributed by atoms with E-state index in [9.17, 15) is 4.39 Å². The van der Waals surface area contributed by atoms with E-state index in [4.69, 9.17) is 11.0 Å². The fraction of sp³-hybridized carbons (Fsp3) is 0.312. The number of benzene rings is 1. The summed E-state index contributed by atoms with van der Waals surface area (Å²) in [6.45, 7) is 0.702. The molecule has 21 heavy (non-hydrogen) atoms. The molecule has 3 nitrogen and oxygen atoms in total. The van der Waals surface area contributed by atoms with E-state index in [1.165, 1.54) is 17.4 Å². The molecule has 0 atom stereocenters. The Bertz CT molecular complexity index is 698. The summed E-state index contributed by atoms with van der Waals surface area (Å²) in [5, 5.41) is 13.5. The van der Waals surface area contributed by atoms with Crippen LogP contribution >= 0.6 is 11.3 Å². The van der Waals surface area contributed by atoms with Crippen molar-refractivity contribution in [2.45, 2.75) is 25.2 Å². The van der Waals surface area contributed by atoms with Crippen molar-refractivity contribution in [1.29, 1.82) is 5.26 Å². The van der Waals surface area contributed by atoms with Gasteiger partial charge in [-0.25, -0.2) is 4.39 Å². The van der Waals surface area contributed by atoms with E-state index in [0.29, 0.717) is 23.0 Å². The minimum absolute atomic E-state index is 0.210. The summed E-state index contributed by atoms with van der Waals surface area (Å²) in [5.41, 5.74) is 8.76.